The first-order valence-corrected chi connectivity index (χ1v) is 8.75. The molecule has 0 radical (unpaired) electrons. The topological polar surface area (TPSA) is 66.5 Å². The molecule has 134 valence electrons. The second kappa shape index (κ2) is 6.94. The van der Waals surface area contributed by atoms with Gasteiger partial charge in [0.25, 0.3) is 11.8 Å². The molecule has 1 aromatic rings. The first-order chi connectivity index (χ1) is 11.9. The quantitative estimate of drug-likeness (QED) is 0.889. The second-order valence-corrected chi connectivity index (χ2v) is 7.07. The van der Waals surface area contributed by atoms with E-state index in [0.29, 0.717) is 31.5 Å². The number of ketones is 1. The summed E-state index contributed by atoms with van der Waals surface area (Å²) in [6.07, 6.45) is 2.40. The van der Waals surface area contributed by atoms with Gasteiger partial charge in [-0.1, -0.05) is 12.1 Å². The van der Waals surface area contributed by atoms with Crippen LogP contribution in [0.1, 0.15) is 54.4 Å². The Morgan fingerprint density at radius 1 is 1.32 bits per heavy atom. The number of alkyl halides is 1. The van der Waals surface area contributed by atoms with E-state index in [4.69, 9.17) is 0 Å². The Morgan fingerprint density at radius 2 is 2.08 bits per heavy atom. The zero-order chi connectivity index (χ0) is 18.0. The Bertz CT molecular complexity index is 700. The first kappa shape index (κ1) is 17.6. The predicted octanol–water partition coefficient (Wildman–Crippen LogP) is 2.21. The lowest BCUT2D eigenvalue weighted by molar-refractivity contribution is -0.139. The van der Waals surface area contributed by atoms with Gasteiger partial charge in [-0.15, -0.1) is 0 Å². The maximum Gasteiger partial charge on any atom is 0.260 e. The number of carbonyl (C=O) groups is 3. The number of nitrogens with one attached hydrogen (secondary N) is 1. The molecule has 5 nitrogen and oxygen atoms in total. The summed E-state index contributed by atoms with van der Waals surface area (Å²) in [4.78, 5) is 37.0. The van der Waals surface area contributed by atoms with Crippen LogP contribution >= 0.6 is 0 Å². The third-order valence-corrected chi connectivity index (χ3v) is 4.90. The van der Waals surface area contributed by atoms with E-state index in [0.717, 1.165) is 18.4 Å². The van der Waals surface area contributed by atoms with Crippen molar-refractivity contribution in [3.63, 3.8) is 0 Å². The molecule has 2 amide bonds. The zero-order valence-corrected chi connectivity index (χ0v) is 14.4. The number of carbonyl (C=O) groups excluding carboxylic acids is 3. The summed E-state index contributed by atoms with van der Waals surface area (Å²) in [5, 5.41) is 2.58. The van der Waals surface area contributed by atoms with Crippen LogP contribution < -0.4 is 5.32 Å². The van der Waals surface area contributed by atoms with Gasteiger partial charge in [-0.25, -0.2) is 4.39 Å². The maximum atomic E-state index is 14.1. The molecular formula is C19H23FN2O3. The van der Waals surface area contributed by atoms with Gasteiger partial charge < -0.3 is 10.2 Å². The van der Waals surface area contributed by atoms with Crippen molar-refractivity contribution in [1.82, 2.24) is 10.2 Å². The molecule has 1 aliphatic heterocycles. The minimum Gasteiger partial charge on any atom is -0.345 e. The third-order valence-electron chi connectivity index (χ3n) is 4.90. The molecule has 0 spiro atoms. The van der Waals surface area contributed by atoms with Gasteiger partial charge in [-0.3, -0.25) is 14.4 Å². The van der Waals surface area contributed by atoms with Crippen molar-refractivity contribution in [3.05, 3.63) is 35.4 Å². The maximum absolute atomic E-state index is 14.1. The van der Waals surface area contributed by atoms with Gasteiger partial charge in [-0.05, 0) is 50.3 Å². The average molecular weight is 346 g/mol. The van der Waals surface area contributed by atoms with Crippen LogP contribution in [0.5, 0.6) is 0 Å². The number of nitrogens with zero attached hydrogens (tertiary/aromatic N) is 1. The van der Waals surface area contributed by atoms with Crippen LogP contribution in [0, 0.1) is 0 Å². The van der Waals surface area contributed by atoms with E-state index in [1.165, 1.54) is 6.92 Å². The van der Waals surface area contributed by atoms with Crippen molar-refractivity contribution in [2.24, 2.45) is 0 Å². The number of halogens is 1. The number of benzene rings is 1. The van der Waals surface area contributed by atoms with Gasteiger partial charge in [0.1, 0.15) is 5.78 Å². The molecule has 1 heterocycles. The monoisotopic (exact) mass is 346 g/mol. The smallest absolute Gasteiger partial charge is 0.260 e. The Balaban J connectivity index is 1.68. The summed E-state index contributed by atoms with van der Waals surface area (Å²) < 4.78 is 14.1. The minimum atomic E-state index is -1.63. The summed E-state index contributed by atoms with van der Waals surface area (Å²) in [6.45, 7) is 2.51. The normalized spacial score (nSPS) is 21.5. The summed E-state index contributed by atoms with van der Waals surface area (Å²) in [5.74, 6) is -0.680. The van der Waals surface area contributed by atoms with Crippen LogP contribution in [0.15, 0.2) is 24.3 Å². The van der Waals surface area contributed by atoms with Crippen molar-refractivity contribution >= 4 is 17.6 Å². The van der Waals surface area contributed by atoms with E-state index in [9.17, 15) is 18.8 Å². The van der Waals surface area contributed by atoms with Gasteiger partial charge in [0.15, 0.2) is 5.67 Å². The molecule has 3 rings (SSSR count). The van der Waals surface area contributed by atoms with Gasteiger partial charge in [-0.2, -0.15) is 0 Å². The van der Waals surface area contributed by atoms with Crippen molar-refractivity contribution in [1.29, 1.82) is 0 Å². The summed E-state index contributed by atoms with van der Waals surface area (Å²) in [7, 11) is 0. The highest BCUT2D eigenvalue weighted by atomic mass is 19.1. The van der Waals surface area contributed by atoms with Crippen LogP contribution in [-0.2, 0) is 9.59 Å². The van der Waals surface area contributed by atoms with Crippen LogP contribution in [0.4, 0.5) is 4.39 Å². The number of piperidine rings is 1. The molecule has 1 saturated heterocycles. The zero-order valence-electron chi connectivity index (χ0n) is 14.4. The largest absolute Gasteiger partial charge is 0.345 e. The van der Waals surface area contributed by atoms with Gasteiger partial charge in [0.2, 0.25) is 0 Å². The highest BCUT2D eigenvalue weighted by molar-refractivity contribution is 5.96. The van der Waals surface area contributed by atoms with Crippen molar-refractivity contribution < 1.29 is 18.8 Å². The third kappa shape index (κ3) is 4.06. The molecule has 1 aliphatic carbocycles. The molecule has 6 heteroatoms. The fraction of sp³-hybridized carbons (Fsp3) is 0.526. The second-order valence-electron chi connectivity index (χ2n) is 7.07. The first-order valence-electron chi connectivity index (χ1n) is 8.75. The lowest BCUT2D eigenvalue weighted by atomic mass is 9.89. The molecule has 1 atom stereocenters. The Labute approximate surface area is 146 Å². The fourth-order valence-electron chi connectivity index (χ4n) is 3.28. The van der Waals surface area contributed by atoms with E-state index in [1.807, 2.05) is 6.07 Å². The predicted molar refractivity (Wildman–Crippen MR) is 91.1 cm³/mol. The molecule has 1 aromatic carbocycles. The summed E-state index contributed by atoms with van der Waals surface area (Å²) in [6, 6.07) is 7.24. The van der Waals surface area contributed by atoms with E-state index in [-0.39, 0.29) is 30.1 Å². The number of Topliss-reactive ketones (excluding diaryl/α,β-unsaturated/α-hetero) is 1. The van der Waals surface area contributed by atoms with E-state index >= 15 is 0 Å². The van der Waals surface area contributed by atoms with Crippen LogP contribution in [0.2, 0.25) is 0 Å². The lowest BCUT2D eigenvalue weighted by Gasteiger charge is -2.34. The standard InChI is InChI=1S/C19H23FN2O3/c1-13(23)11-21-17(24)15-5-2-4-14(10-15)16-6-3-9-22(12-16)18(25)19(20)7-8-19/h2,4-5,10,16H,3,6-9,11-12H2,1H3,(H,21,24). The SMILES string of the molecule is CC(=O)CNC(=O)c1cccc(C2CCCN(C(=O)C3(F)CC3)C2)c1. The number of rotatable bonds is 5. The molecule has 1 N–H and O–H groups in total. The lowest BCUT2D eigenvalue weighted by Crippen LogP contribution is -2.44. The number of likely N-dealkylation sites (tertiary alicyclic amines) is 1. The Hall–Kier alpha value is -2.24. The minimum absolute atomic E-state index is 0.00729. The average Bonchev–Trinajstić information content (AvgIpc) is 3.38. The van der Waals surface area contributed by atoms with E-state index < -0.39 is 5.67 Å². The molecule has 2 fully saturated rings. The molecule has 1 unspecified atom stereocenters. The van der Waals surface area contributed by atoms with Gasteiger partial charge >= 0.3 is 0 Å². The molecule has 2 aliphatic rings. The van der Waals surface area contributed by atoms with Crippen LogP contribution in [-0.4, -0.2) is 47.8 Å². The molecule has 1 saturated carbocycles. The van der Waals surface area contributed by atoms with E-state index in [1.54, 1.807) is 23.1 Å². The number of amides is 2. The highest BCUT2D eigenvalue weighted by Crippen LogP contribution is 2.42. The van der Waals surface area contributed by atoms with Crippen molar-refractivity contribution in [2.75, 3.05) is 19.6 Å². The fourth-order valence-corrected chi connectivity index (χ4v) is 3.28. The van der Waals surface area contributed by atoms with Crippen molar-refractivity contribution in [2.45, 2.75) is 44.2 Å². The number of hydrogen-bond donors (Lipinski definition) is 1. The molecule has 0 bridgehead atoms. The van der Waals surface area contributed by atoms with E-state index in [2.05, 4.69) is 5.32 Å². The molecule has 0 aromatic heterocycles. The molecule has 25 heavy (non-hydrogen) atoms. The molecular weight excluding hydrogens is 323 g/mol. The highest BCUT2D eigenvalue weighted by Gasteiger charge is 2.53. The number of hydrogen-bond acceptors (Lipinski definition) is 3. The Kier molecular flexibility index (Phi) is 4.88. The summed E-state index contributed by atoms with van der Waals surface area (Å²) in [5.41, 5.74) is -0.168. The summed E-state index contributed by atoms with van der Waals surface area (Å²) >= 11 is 0. The van der Waals surface area contributed by atoms with Crippen molar-refractivity contribution in [3.8, 4) is 0 Å². The van der Waals surface area contributed by atoms with Gasteiger partial charge in [0.05, 0.1) is 6.54 Å². The Morgan fingerprint density at radius 3 is 2.76 bits per heavy atom. The van der Waals surface area contributed by atoms with Crippen LogP contribution in [0.25, 0.3) is 0 Å². The van der Waals surface area contributed by atoms with Gasteiger partial charge in [0, 0.05) is 24.6 Å². The van der Waals surface area contributed by atoms with Crippen LogP contribution in [0.3, 0.4) is 0 Å².